The van der Waals surface area contributed by atoms with E-state index in [-0.39, 0.29) is 17.8 Å². The van der Waals surface area contributed by atoms with E-state index in [9.17, 15) is 13.9 Å². The molecule has 0 saturated carbocycles. The van der Waals surface area contributed by atoms with Crippen molar-refractivity contribution in [2.24, 2.45) is 17.8 Å². The zero-order valence-electron chi connectivity index (χ0n) is 18.7. The van der Waals surface area contributed by atoms with Crippen LogP contribution >= 0.6 is 0 Å². The van der Waals surface area contributed by atoms with Gasteiger partial charge in [0.05, 0.1) is 5.60 Å². The summed E-state index contributed by atoms with van der Waals surface area (Å²) < 4.78 is 26.6. The first-order valence-electron chi connectivity index (χ1n) is 11.4. The van der Waals surface area contributed by atoms with Gasteiger partial charge in [0.1, 0.15) is 0 Å². The smallest absolute Gasteiger partial charge is 0.159 e. The Morgan fingerprint density at radius 3 is 1.96 bits per heavy atom. The van der Waals surface area contributed by atoms with E-state index in [0.29, 0.717) is 0 Å². The van der Waals surface area contributed by atoms with Crippen LogP contribution < -0.4 is 0 Å². The van der Waals surface area contributed by atoms with E-state index in [1.165, 1.54) is 44.2 Å². The second-order valence-electron chi connectivity index (χ2n) is 9.09. The van der Waals surface area contributed by atoms with Crippen LogP contribution in [0, 0.1) is 29.4 Å². The average Bonchev–Trinajstić information content (AvgIpc) is 2.64. The summed E-state index contributed by atoms with van der Waals surface area (Å²) >= 11 is 0. The first kappa shape index (κ1) is 25.1. The molecule has 162 valence electrons. The Labute approximate surface area is 171 Å². The summed E-state index contributed by atoms with van der Waals surface area (Å²) in [7, 11) is 0. The monoisotopic (exact) mass is 396 g/mol. The van der Waals surface area contributed by atoms with E-state index < -0.39 is 17.2 Å². The third kappa shape index (κ3) is 7.46. The predicted molar refractivity (Wildman–Crippen MR) is 115 cm³/mol. The summed E-state index contributed by atoms with van der Waals surface area (Å²) in [6, 6.07) is 4.17. The Hall–Kier alpha value is -0.960. The van der Waals surface area contributed by atoms with E-state index in [1.54, 1.807) is 6.07 Å². The Morgan fingerprint density at radius 2 is 1.39 bits per heavy atom. The van der Waals surface area contributed by atoms with Gasteiger partial charge in [0.15, 0.2) is 11.6 Å². The van der Waals surface area contributed by atoms with E-state index in [4.69, 9.17) is 0 Å². The molecule has 0 aromatic heterocycles. The molecule has 0 spiro atoms. The van der Waals surface area contributed by atoms with Gasteiger partial charge in [0.2, 0.25) is 0 Å². The van der Waals surface area contributed by atoms with E-state index in [0.717, 1.165) is 37.7 Å². The molecule has 0 saturated heterocycles. The van der Waals surface area contributed by atoms with Crippen molar-refractivity contribution in [2.75, 3.05) is 0 Å². The number of unbranched alkanes of at least 4 members (excludes halogenated alkanes) is 5. The molecule has 1 rings (SSSR count). The topological polar surface area (TPSA) is 20.2 Å². The molecule has 1 atom stereocenters. The minimum Gasteiger partial charge on any atom is -0.389 e. The number of halogens is 2. The average molecular weight is 397 g/mol. The molecule has 28 heavy (non-hydrogen) atoms. The Morgan fingerprint density at radius 1 is 0.821 bits per heavy atom. The van der Waals surface area contributed by atoms with Crippen LogP contribution in [0.5, 0.6) is 0 Å². The maximum absolute atomic E-state index is 13.4. The van der Waals surface area contributed by atoms with Crippen molar-refractivity contribution in [1.82, 2.24) is 0 Å². The lowest BCUT2D eigenvalue weighted by Crippen LogP contribution is -2.47. The normalized spacial score (nSPS) is 13.5. The van der Waals surface area contributed by atoms with E-state index >= 15 is 0 Å². The SMILES string of the molecule is CCCCCCCCC(CCCc1ccc(F)c(F)c1)C(O)(C(C)C)C(C)C. The number of hydrogen-bond donors (Lipinski definition) is 1. The quantitative estimate of drug-likeness (QED) is 0.319. The molecule has 0 aliphatic carbocycles. The van der Waals surface area contributed by atoms with E-state index in [1.807, 2.05) is 0 Å². The largest absolute Gasteiger partial charge is 0.389 e. The van der Waals surface area contributed by atoms with Crippen molar-refractivity contribution in [3.63, 3.8) is 0 Å². The van der Waals surface area contributed by atoms with Gasteiger partial charge in [-0.15, -0.1) is 0 Å². The molecule has 1 N–H and O–H groups in total. The summed E-state index contributed by atoms with van der Waals surface area (Å²) in [5.74, 6) is -0.939. The van der Waals surface area contributed by atoms with Gasteiger partial charge >= 0.3 is 0 Å². The molecule has 0 aliphatic heterocycles. The Bertz CT molecular complexity index is 545. The summed E-state index contributed by atoms with van der Waals surface area (Å²) in [4.78, 5) is 0. The maximum atomic E-state index is 13.4. The number of benzene rings is 1. The fourth-order valence-electron chi connectivity index (χ4n) is 4.64. The molecular weight excluding hydrogens is 354 g/mol. The predicted octanol–water partition coefficient (Wildman–Crippen LogP) is 7.70. The second-order valence-corrected chi connectivity index (χ2v) is 9.09. The molecule has 3 heteroatoms. The minimum absolute atomic E-state index is 0.195. The van der Waals surface area contributed by atoms with Gasteiger partial charge < -0.3 is 5.11 Å². The molecule has 0 fully saturated rings. The minimum atomic E-state index is -0.793. The van der Waals surface area contributed by atoms with Crippen LogP contribution in [-0.4, -0.2) is 10.7 Å². The lowest BCUT2D eigenvalue weighted by atomic mass is 9.68. The van der Waals surface area contributed by atoms with Crippen molar-refractivity contribution in [1.29, 1.82) is 0 Å². The summed E-state index contributed by atoms with van der Waals surface area (Å²) in [6.45, 7) is 10.7. The van der Waals surface area contributed by atoms with Crippen LogP contribution in [0.1, 0.15) is 98.0 Å². The Balaban J connectivity index is 2.69. The summed E-state index contributed by atoms with van der Waals surface area (Å²) in [5, 5.41) is 11.5. The number of hydrogen-bond acceptors (Lipinski definition) is 1. The first-order chi connectivity index (χ1) is 13.2. The Kier molecular flexibility index (Phi) is 11.3. The highest BCUT2D eigenvalue weighted by atomic mass is 19.2. The fourth-order valence-corrected chi connectivity index (χ4v) is 4.64. The molecule has 1 nitrogen and oxygen atoms in total. The van der Waals surface area contributed by atoms with Crippen molar-refractivity contribution >= 4 is 0 Å². The molecule has 0 amide bonds. The van der Waals surface area contributed by atoms with Crippen LogP contribution in [0.25, 0.3) is 0 Å². The van der Waals surface area contributed by atoms with Gasteiger partial charge in [-0.3, -0.25) is 0 Å². The summed E-state index contributed by atoms with van der Waals surface area (Å²) in [6.07, 6.45) is 11.1. The van der Waals surface area contributed by atoms with Crippen LogP contribution in [0.4, 0.5) is 8.78 Å². The van der Waals surface area contributed by atoms with Gasteiger partial charge in [-0.25, -0.2) is 8.78 Å². The van der Waals surface area contributed by atoms with Crippen molar-refractivity contribution < 1.29 is 13.9 Å². The zero-order chi connectivity index (χ0) is 21.2. The van der Waals surface area contributed by atoms with Gasteiger partial charge in [-0.1, -0.05) is 79.2 Å². The van der Waals surface area contributed by atoms with Crippen LogP contribution in [0.3, 0.4) is 0 Å². The number of rotatable bonds is 14. The molecule has 1 aromatic carbocycles. The van der Waals surface area contributed by atoms with Crippen molar-refractivity contribution in [3.8, 4) is 0 Å². The van der Waals surface area contributed by atoms with Gasteiger partial charge in [-0.2, -0.15) is 0 Å². The van der Waals surface area contributed by atoms with Crippen LogP contribution in [0.15, 0.2) is 18.2 Å². The number of aryl methyl sites for hydroxylation is 1. The molecule has 1 aromatic rings. The highest BCUT2D eigenvalue weighted by Gasteiger charge is 2.41. The van der Waals surface area contributed by atoms with Crippen LogP contribution in [0.2, 0.25) is 0 Å². The lowest BCUT2D eigenvalue weighted by molar-refractivity contribution is -0.102. The van der Waals surface area contributed by atoms with Gasteiger partial charge in [0.25, 0.3) is 0 Å². The van der Waals surface area contributed by atoms with Gasteiger partial charge in [-0.05, 0) is 61.1 Å². The highest BCUT2D eigenvalue weighted by molar-refractivity contribution is 5.17. The standard InChI is InChI=1S/C25H42F2O/c1-6-7-8-9-10-11-14-22(25(28,19(2)3)20(4)5)15-12-13-21-16-17-23(26)24(27)18-21/h16-20,22,28H,6-15H2,1-5H3. The highest BCUT2D eigenvalue weighted by Crippen LogP contribution is 2.39. The van der Waals surface area contributed by atoms with Crippen molar-refractivity contribution in [2.45, 2.75) is 104 Å². The third-order valence-electron chi connectivity index (χ3n) is 6.41. The van der Waals surface area contributed by atoms with E-state index in [2.05, 4.69) is 34.6 Å². The molecule has 1 unspecified atom stereocenters. The molecular formula is C25H42F2O. The van der Waals surface area contributed by atoms with Crippen molar-refractivity contribution in [3.05, 3.63) is 35.4 Å². The second kappa shape index (κ2) is 12.6. The summed E-state index contributed by atoms with van der Waals surface area (Å²) in [5.41, 5.74) is 0.145. The van der Waals surface area contributed by atoms with Gasteiger partial charge in [0, 0.05) is 0 Å². The molecule has 0 bridgehead atoms. The molecule has 0 radical (unpaired) electrons. The fraction of sp³-hybridized carbons (Fsp3) is 0.760. The molecule has 0 heterocycles. The zero-order valence-corrected chi connectivity index (χ0v) is 18.7. The molecule has 0 aliphatic rings. The van der Waals surface area contributed by atoms with Crippen LogP contribution in [-0.2, 0) is 6.42 Å². The first-order valence-corrected chi connectivity index (χ1v) is 11.4. The third-order valence-corrected chi connectivity index (χ3v) is 6.41. The number of aliphatic hydroxyl groups is 1. The lowest BCUT2D eigenvalue weighted by Gasteiger charge is -2.43. The maximum Gasteiger partial charge on any atom is 0.159 e.